The Kier molecular flexibility index (Phi) is 5.80. The molecule has 32 heavy (non-hydrogen) atoms. The molecule has 0 spiro atoms. The Balaban J connectivity index is 1.56. The highest BCUT2D eigenvalue weighted by Crippen LogP contribution is 2.36. The first-order valence-corrected chi connectivity index (χ1v) is 11.2. The van der Waals surface area contributed by atoms with Crippen LogP contribution in [0.3, 0.4) is 0 Å². The predicted molar refractivity (Wildman–Crippen MR) is 127 cm³/mol. The van der Waals surface area contributed by atoms with Gasteiger partial charge in [0.05, 0.1) is 53.6 Å². The number of anilines is 4. The Bertz CT molecular complexity index is 1120. The Hall–Kier alpha value is -2.97. The second-order valence-electron chi connectivity index (χ2n) is 8.53. The van der Waals surface area contributed by atoms with Gasteiger partial charge < -0.3 is 25.2 Å². The van der Waals surface area contributed by atoms with E-state index in [2.05, 4.69) is 38.4 Å². The van der Waals surface area contributed by atoms with Crippen molar-refractivity contribution in [1.29, 1.82) is 0 Å². The van der Waals surface area contributed by atoms with Crippen LogP contribution in [0.25, 0.3) is 10.9 Å². The standard InChI is InChI=1S/C24H29FN6O/c1-16-15-31(7-6-27-16)24-17(2)23(22-20(25)4-3-5-21(22)29-24)28-18-12-19(14-26-13-18)30-8-10-32-11-9-30/h3-5,12-14,16,27H,6-11,15H2,1-2H3,(H,28,29). The molecule has 1 atom stereocenters. The average Bonchev–Trinajstić information content (AvgIpc) is 2.81. The van der Waals surface area contributed by atoms with Crippen molar-refractivity contribution in [2.75, 3.05) is 61.1 Å². The van der Waals surface area contributed by atoms with Crippen molar-refractivity contribution in [3.05, 3.63) is 48.0 Å². The molecular formula is C24H29FN6O. The molecule has 1 unspecified atom stereocenters. The van der Waals surface area contributed by atoms with Crippen LogP contribution in [0.5, 0.6) is 0 Å². The number of hydrogen-bond donors (Lipinski definition) is 2. The van der Waals surface area contributed by atoms with Crippen molar-refractivity contribution in [1.82, 2.24) is 15.3 Å². The maximum absolute atomic E-state index is 15.0. The predicted octanol–water partition coefficient (Wildman–Crippen LogP) is 3.46. The molecular weight excluding hydrogens is 407 g/mol. The van der Waals surface area contributed by atoms with E-state index < -0.39 is 0 Å². The molecule has 2 aliphatic heterocycles. The molecule has 0 aliphatic carbocycles. The Morgan fingerprint density at radius 3 is 2.81 bits per heavy atom. The van der Waals surface area contributed by atoms with Crippen LogP contribution < -0.4 is 20.4 Å². The first-order valence-electron chi connectivity index (χ1n) is 11.2. The summed E-state index contributed by atoms with van der Waals surface area (Å²) >= 11 is 0. The first kappa shape index (κ1) is 20.9. The molecule has 2 fully saturated rings. The fourth-order valence-electron chi connectivity index (χ4n) is 4.57. The van der Waals surface area contributed by atoms with E-state index in [1.165, 1.54) is 6.07 Å². The van der Waals surface area contributed by atoms with Gasteiger partial charge in [0.15, 0.2) is 0 Å². The van der Waals surface area contributed by atoms with Crippen molar-refractivity contribution in [3.63, 3.8) is 0 Å². The summed E-state index contributed by atoms with van der Waals surface area (Å²) < 4.78 is 20.5. The molecule has 2 saturated heterocycles. The van der Waals surface area contributed by atoms with E-state index in [0.717, 1.165) is 61.2 Å². The van der Waals surface area contributed by atoms with Gasteiger partial charge in [-0.15, -0.1) is 0 Å². The molecule has 0 bridgehead atoms. The number of nitrogens with one attached hydrogen (secondary N) is 2. The van der Waals surface area contributed by atoms with Gasteiger partial charge in [0, 0.05) is 44.3 Å². The lowest BCUT2D eigenvalue weighted by Crippen LogP contribution is -2.49. The molecule has 8 heteroatoms. The molecule has 0 saturated carbocycles. The number of piperazine rings is 1. The summed E-state index contributed by atoms with van der Waals surface area (Å²) in [5, 5.41) is 7.46. The van der Waals surface area contributed by atoms with Gasteiger partial charge in [-0.05, 0) is 32.0 Å². The number of aromatic nitrogens is 2. The molecule has 2 N–H and O–H groups in total. The molecule has 168 valence electrons. The summed E-state index contributed by atoms with van der Waals surface area (Å²) in [5.41, 5.74) is 4.19. The van der Waals surface area contributed by atoms with Crippen molar-refractivity contribution in [2.45, 2.75) is 19.9 Å². The van der Waals surface area contributed by atoms with E-state index in [-0.39, 0.29) is 5.82 Å². The number of fused-ring (bicyclic) bond motifs is 1. The van der Waals surface area contributed by atoms with Gasteiger partial charge in [0.1, 0.15) is 11.6 Å². The summed E-state index contributed by atoms with van der Waals surface area (Å²) in [7, 11) is 0. The maximum atomic E-state index is 15.0. The second kappa shape index (κ2) is 8.88. The van der Waals surface area contributed by atoms with Gasteiger partial charge in [-0.2, -0.15) is 0 Å². The van der Waals surface area contributed by atoms with E-state index >= 15 is 0 Å². The van der Waals surface area contributed by atoms with Crippen LogP contribution in [0.4, 0.5) is 27.3 Å². The number of nitrogens with zero attached hydrogens (tertiary/aromatic N) is 4. The molecule has 7 nitrogen and oxygen atoms in total. The summed E-state index contributed by atoms with van der Waals surface area (Å²) in [6.45, 7) is 9.91. The minimum Gasteiger partial charge on any atom is -0.378 e. The van der Waals surface area contributed by atoms with Gasteiger partial charge >= 0.3 is 0 Å². The molecule has 2 aliphatic rings. The van der Waals surface area contributed by atoms with Crippen molar-refractivity contribution in [3.8, 4) is 0 Å². The molecule has 1 aromatic carbocycles. The van der Waals surface area contributed by atoms with Crippen LogP contribution in [0, 0.1) is 12.7 Å². The molecule has 3 aromatic rings. The molecule has 5 rings (SSSR count). The monoisotopic (exact) mass is 436 g/mol. The smallest absolute Gasteiger partial charge is 0.134 e. The number of pyridine rings is 2. The summed E-state index contributed by atoms with van der Waals surface area (Å²) in [5.74, 6) is 0.620. The lowest BCUT2D eigenvalue weighted by atomic mass is 10.1. The number of ether oxygens (including phenoxy) is 1. The van der Waals surface area contributed by atoms with Crippen molar-refractivity contribution in [2.24, 2.45) is 0 Å². The van der Waals surface area contributed by atoms with E-state index in [1.807, 2.05) is 19.2 Å². The highest BCUT2D eigenvalue weighted by atomic mass is 19.1. The Labute approximate surface area is 187 Å². The number of rotatable bonds is 4. The van der Waals surface area contributed by atoms with Gasteiger partial charge in [0.2, 0.25) is 0 Å². The van der Waals surface area contributed by atoms with E-state index in [9.17, 15) is 4.39 Å². The first-order chi connectivity index (χ1) is 15.6. The van der Waals surface area contributed by atoms with Gasteiger partial charge in [-0.3, -0.25) is 4.98 Å². The van der Waals surface area contributed by atoms with Gasteiger partial charge in [0.25, 0.3) is 0 Å². The molecule has 2 aromatic heterocycles. The van der Waals surface area contributed by atoms with E-state index in [4.69, 9.17) is 9.72 Å². The lowest BCUT2D eigenvalue weighted by molar-refractivity contribution is 0.122. The van der Waals surface area contributed by atoms with Crippen LogP contribution in [-0.4, -0.2) is 61.9 Å². The zero-order chi connectivity index (χ0) is 22.1. The van der Waals surface area contributed by atoms with Crippen LogP contribution in [0.2, 0.25) is 0 Å². The maximum Gasteiger partial charge on any atom is 0.134 e. The highest BCUT2D eigenvalue weighted by Gasteiger charge is 2.23. The third-order valence-electron chi connectivity index (χ3n) is 6.22. The van der Waals surface area contributed by atoms with Gasteiger partial charge in [-0.25, -0.2) is 9.37 Å². The fraction of sp³-hybridized carbons (Fsp3) is 0.417. The summed E-state index contributed by atoms with van der Waals surface area (Å²) in [4.78, 5) is 13.8. The van der Waals surface area contributed by atoms with Crippen LogP contribution in [0.15, 0.2) is 36.7 Å². The molecule has 4 heterocycles. The SMILES string of the molecule is Cc1c(N2CCNC(C)C2)nc2cccc(F)c2c1Nc1cncc(N2CCOCC2)c1. The minimum absolute atomic E-state index is 0.280. The fourth-order valence-corrected chi connectivity index (χ4v) is 4.57. The quantitative estimate of drug-likeness (QED) is 0.649. The normalized spacial score (nSPS) is 19.4. The summed E-state index contributed by atoms with van der Waals surface area (Å²) in [6, 6.07) is 7.52. The Morgan fingerprint density at radius 1 is 1.16 bits per heavy atom. The van der Waals surface area contributed by atoms with Crippen molar-refractivity contribution < 1.29 is 9.13 Å². The third kappa shape index (κ3) is 4.08. The van der Waals surface area contributed by atoms with Crippen LogP contribution in [-0.2, 0) is 4.74 Å². The number of hydrogen-bond acceptors (Lipinski definition) is 7. The Morgan fingerprint density at radius 2 is 2.00 bits per heavy atom. The zero-order valence-corrected chi connectivity index (χ0v) is 18.6. The average molecular weight is 437 g/mol. The number of halogens is 1. The third-order valence-corrected chi connectivity index (χ3v) is 6.22. The minimum atomic E-state index is -0.280. The van der Waals surface area contributed by atoms with Crippen molar-refractivity contribution >= 4 is 33.8 Å². The highest BCUT2D eigenvalue weighted by molar-refractivity contribution is 5.97. The van der Waals surface area contributed by atoms with Gasteiger partial charge in [-0.1, -0.05) is 6.07 Å². The second-order valence-corrected chi connectivity index (χ2v) is 8.53. The van der Waals surface area contributed by atoms with Crippen LogP contribution >= 0.6 is 0 Å². The summed E-state index contributed by atoms with van der Waals surface area (Å²) in [6.07, 6.45) is 3.64. The van der Waals surface area contributed by atoms with Crippen LogP contribution in [0.1, 0.15) is 12.5 Å². The number of benzene rings is 1. The van der Waals surface area contributed by atoms with E-state index in [1.54, 1.807) is 12.3 Å². The largest absolute Gasteiger partial charge is 0.378 e. The number of morpholine rings is 1. The molecule has 0 amide bonds. The topological polar surface area (TPSA) is 65.5 Å². The zero-order valence-electron chi connectivity index (χ0n) is 18.6. The molecule has 0 radical (unpaired) electrons. The van der Waals surface area contributed by atoms with E-state index in [0.29, 0.717) is 30.2 Å². The lowest BCUT2D eigenvalue weighted by Gasteiger charge is -2.34.